The molecule has 68 valence electrons. The third-order valence-corrected chi connectivity index (χ3v) is 2.13. The van der Waals surface area contributed by atoms with Crippen molar-refractivity contribution >= 4 is 22.6 Å². The number of benzene rings is 1. The van der Waals surface area contributed by atoms with Crippen molar-refractivity contribution in [2.45, 2.75) is 6.43 Å². The maximum Gasteiger partial charge on any atom is 0.267 e. The highest BCUT2D eigenvalue weighted by atomic mass is 35.5. The number of aromatic nitrogens is 2. The molecule has 0 spiro atoms. The largest absolute Gasteiger partial charge is 0.345 e. The maximum atomic E-state index is 12.5. The van der Waals surface area contributed by atoms with E-state index >= 15 is 0 Å². The number of imidazole rings is 1. The molecule has 0 radical (unpaired) electrons. The summed E-state index contributed by atoms with van der Waals surface area (Å²) < 4.78 is 25.0. The minimum Gasteiger partial charge on any atom is -0.345 e. The van der Waals surface area contributed by atoms with Gasteiger partial charge in [-0.1, -0.05) is 11.6 Å². The van der Waals surface area contributed by atoms with E-state index in [4.69, 9.17) is 11.6 Å². The molecule has 0 aliphatic rings. The summed E-state index contributed by atoms with van der Waals surface area (Å²) in [6, 6.07) is 3.06. The average molecular weight is 203 g/mol. The van der Waals surface area contributed by atoms with E-state index < -0.39 is 6.43 Å². The van der Waals surface area contributed by atoms with Gasteiger partial charge in [0, 0.05) is 0 Å². The molecule has 1 aromatic heterocycles. The van der Waals surface area contributed by atoms with Gasteiger partial charge in [0.05, 0.1) is 27.9 Å². The standard InChI is InChI=1S/C8H5ClF2N2/c9-4-1-2-5-7(13-3-12-5)6(4)8(10)11/h1-3,8H,(H,12,13). The Morgan fingerprint density at radius 3 is 2.85 bits per heavy atom. The second kappa shape index (κ2) is 2.96. The number of alkyl halides is 2. The molecule has 2 aromatic rings. The zero-order valence-corrected chi connectivity index (χ0v) is 7.15. The van der Waals surface area contributed by atoms with Crippen LogP contribution < -0.4 is 0 Å². The van der Waals surface area contributed by atoms with E-state index in [2.05, 4.69) is 9.97 Å². The Labute approximate surface area is 77.5 Å². The fourth-order valence-electron chi connectivity index (χ4n) is 1.21. The van der Waals surface area contributed by atoms with E-state index in [9.17, 15) is 8.78 Å². The Morgan fingerprint density at radius 2 is 2.15 bits per heavy atom. The van der Waals surface area contributed by atoms with Gasteiger partial charge in [-0.25, -0.2) is 13.8 Å². The number of fused-ring (bicyclic) bond motifs is 1. The molecule has 0 unspecified atom stereocenters. The molecule has 5 heteroatoms. The van der Waals surface area contributed by atoms with Crippen LogP contribution in [0, 0.1) is 0 Å². The Morgan fingerprint density at radius 1 is 1.38 bits per heavy atom. The second-order valence-electron chi connectivity index (χ2n) is 2.56. The van der Waals surface area contributed by atoms with E-state index in [1.165, 1.54) is 12.4 Å². The number of aromatic amines is 1. The molecule has 0 aliphatic carbocycles. The van der Waals surface area contributed by atoms with Crippen molar-refractivity contribution in [3.05, 3.63) is 29.0 Å². The average Bonchev–Trinajstić information content (AvgIpc) is 2.50. The lowest BCUT2D eigenvalue weighted by molar-refractivity contribution is 0.153. The van der Waals surface area contributed by atoms with E-state index in [0.717, 1.165) is 0 Å². The van der Waals surface area contributed by atoms with Gasteiger partial charge in [-0.3, -0.25) is 0 Å². The summed E-state index contributed by atoms with van der Waals surface area (Å²) in [7, 11) is 0. The van der Waals surface area contributed by atoms with Crippen molar-refractivity contribution < 1.29 is 8.78 Å². The third-order valence-electron chi connectivity index (χ3n) is 1.80. The van der Waals surface area contributed by atoms with Crippen molar-refractivity contribution in [3.8, 4) is 0 Å². The van der Waals surface area contributed by atoms with Gasteiger partial charge in [0.1, 0.15) is 0 Å². The summed E-state index contributed by atoms with van der Waals surface area (Å²) in [6.45, 7) is 0. The van der Waals surface area contributed by atoms with Crippen molar-refractivity contribution in [2.75, 3.05) is 0 Å². The third kappa shape index (κ3) is 1.27. The Bertz CT molecular complexity index is 439. The zero-order chi connectivity index (χ0) is 9.42. The van der Waals surface area contributed by atoms with Crippen LogP contribution in [0.5, 0.6) is 0 Å². The lowest BCUT2D eigenvalue weighted by Crippen LogP contribution is -1.88. The monoisotopic (exact) mass is 202 g/mol. The van der Waals surface area contributed by atoms with Crippen LogP contribution in [0.3, 0.4) is 0 Å². The van der Waals surface area contributed by atoms with Gasteiger partial charge in [-0.15, -0.1) is 0 Å². The number of rotatable bonds is 1. The van der Waals surface area contributed by atoms with Crippen LogP contribution in [0.25, 0.3) is 11.0 Å². The first-order valence-corrected chi connectivity index (χ1v) is 3.97. The minimum absolute atomic E-state index is 0.0506. The molecule has 0 fully saturated rings. The van der Waals surface area contributed by atoms with Crippen molar-refractivity contribution in [1.29, 1.82) is 0 Å². The molecule has 0 amide bonds. The van der Waals surface area contributed by atoms with Crippen molar-refractivity contribution in [2.24, 2.45) is 0 Å². The predicted molar refractivity (Wildman–Crippen MR) is 46.1 cm³/mol. The summed E-state index contributed by atoms with van der Waals surface area (Å²) in [5.41, 5.74) is 0.600. The first kappa shape index (κ1) is 8.44. The molecule has 1 heterocycles. The van der Waals surface area contributed by atoms with Gasteiger partial charge >= 0.3 is 0 Å². The zero-order valence-electron chi connectivity index (χ0n) is 6.39. The summed E-state index contributed by atoms with van der Waals surface area (Å²) in [6.07, 6.45) is -1.23. The van der Waals surface area contributed by atoms with E-state index in [0.29, 0.717) is 5.52 Å². The lowest BCUT2D eigenvalue weighted by atomic mass is 10.2. The van der Waals surface area contributed by atoms with Gasteiger partial charge < -0.3 is 4.98 Å². The number of hydrogen-bond acceptors (Lipinski definition) is 1. The number of halogens is 3. The van der Waals surface area contributed by atoms with Crippen LogP contribution >= 0.6 is 11.6 Å². The van der Waals surface area contributed by atoms with Crippen LogP contribution in [0.15, 0.2) is 18.5 Å². The normalized spacial score (nSPS) is 11.4. The predicted octanol–water partition coefficient (Wildman–Crippen LogP) is 3.15. The van der Waals surface area contributed by atoms with Gasteiger partial charge in [0.15, 0.2) is 0 Å². The quantitative estimate of drug-likeness (QED) is 0.756. The number of H-pyrrole nitrogens is 1. The van der Waals surface area contributed by atoms with Gasteiger partial charge in [0.25, 0.3) is 6.43 Å². The maximum absolute atomic E-state index is 12.5. The van der Waals surface area contributed by atoms with E-state index in [-0.39, 0.29) is 16.1 Å². The number of nitrogens with zero attached hydrogens (tertiary/aromatic N) is 1. The molecule has 0 bridgehead atoms. The molecule has 0 saturated carbocycles. The highest BCUT2D eigenvalue weighted by Gasteiger charge is 2.17. The highest BCUT2D eigenvalue weighted by molar-refractivity contribution is 6.32. The minimum atomic E-state index is -2.60. The molecule has 0 saturated heterocycles. The molecular weight excluding hydrogens is 198 g/mol. The molecular formula is C8H5ClF2N2. The van der Waals surface area contributed by atoms with Gasteiger partial charge in [-0.05, 0) is 12.1 Å². The summed E-state index contributed by atoms with van der Waals surface area (Å²) in [5.74, 6) is 0. The van der Waals surface area contributed by atoms with Crippen LogP contribution in [0.4, 0.5) is 8.78 Å². The van der Waals surface area contributed by atoms with Crippen molar-refractivity contribution in [3.63, 3.8) is 0 Å². The fourth-order valence-corrected chi connectivity index (χ4v) is 1.45. The first-order chi connectivity index (χ1) is 6.20. The number of hydrogen-bond donors (Lipinski definition) is 1. The SMILES string of the molecule is FC(F)c1c(Cl)ccc2[nH]cnc12. The Kier molecular flexibility index (Phi) is 1.92. The molecule has 1 aromatic carbocycles. The van der Waals surface area contributed by atoms with Crippen LogP contribution in [-0.2, 0) is 0 Å². The molecule has 0 aliphatic heterocycles. The smallest absolute Gasteiger partial charge is 0.267 e. The molecule has 1 N–H and O–H groups in total. The van der Waals surface area contributed by atoms with Crippen molar-refractivity contribution in [1.82, 2.24) is 9.97 Å². The van der Waals surface area contributed by atoms with Crippen LogP contribution in [0.2, 0.25) is 5.02 Å². The molecule has 2 rings (SSSR count). The Hall–Kier alpha value is -1.16. The first-order valence-electron chi connectivity index (χ1n) is 3.60. The van der Waals surface area contributed by atoms with Gasteiger partial charge in [-0.2, -0.15) is 0 Å². The van der Waals surface area contributed by atoms with Gasteiger partial charge in [0.2, 0.25) is 0 Å². The topological polar surface area (TPSA) is 28.7 Å². The molecule has 2 nitrogen and oxygen atoms in total. The summed E-state index contributed by atoms with van der Waals surface area (Å²) >= 11 is 5.62. The van der Waals surface area contributed by atoms with E-state index in [1.54, 1.807) is 6.07 Å². The van der Waals surface area contributed by atoms with Crippen LogP contribution in [0.1, 0.15) is 12.0 Å². The highest BCUT2D eigenvalue weighted by Crippen LogP contribution is 2.32. The van der Waals surface area contributed by atoms with E-state index in [1.807, 2.05) is 0 Å². The van der Waals surface area contributed by atoms with Crippen LogP contribution in [-0.4, -0.2) is 9.97 Å². The summed E-state index contributed by atoms with van der Waals surface area (Å²) in [5, 5.41) is 0.0506. The summed E-state index contributed by atoms with van der Waals surface area (Å²) in [4.78, 5) is 6.52. The second-order valence-corrected chi connectivity index (χ2v) is 2.97. The lowest BCUT2D eigenvalue weighted by Gasteiger charge is -2.02. The molecule has 0 atom stereocenters. The Balaban J connectivity index is 2.80. The fraction of sp³-hybridized carbons (Fsp3) is 0.125. The molecule has 13 heavy (non-hydrogen) atoms. The number of nitrogens with one attached hydrogen (secondary N) is 1.